The van der Waals surface area contributed by atoms with Crippen molar-refractivity contribution in [3.05, 3.63) is 292 Å². The highest BCUT2D eigenvalue weighted by Gasteiger charge is 2.38. The van der Waals surface area contributed by atoms with Crippen molar-refractivity contribution in [3.8, 4) is 34.5 Å². The molecule has 2 atom stereocenters. The number of nitro benzene ring substituents is 2. The molecule has 32 heteroatoms. The first-order valence-electron chi connectivity index (χ1n) is 42.6. The number of nitrogens with one attached hydrogen (secondary N) is 4. The number of aromatic amines is 2. The monoisotopic (exact) mass is 1800 g/mol. The molecule has 128 heavy (non-hydrogen) atoms. The van der Waals surface area contributed by atoms with Crippen LogP contribution < -0.4 is 38.2 Å². The molecular formula is C96H96Cl2N14O14S2. The molecule has 2 amide bonds. The lowest BCUT2D eigenvalue weighted by Gasteiger charge is -2.39. The number of anilines is 2. The van der Waals surface area contributed by atoms with Crippen LogP contribution >= 0.6 is 23.2 Å². The largest absolute Gasteiger partial charge is 0.492 e. The van der Waals surface area contributed by atoms with E-state index in [9.17, 15) is 46.7 Å². The van der Waals surface area contributed by atoms with Gasteiger partial charge in [-0.2, -0.15) is 0 Å². The number of ether oxygens (including phenoxy) is 4. The van der Waals surface area contributed by atoms with E-state index in [1.165, 1.54) is 70.1 Å². The molecule has 0 spiro atoms. The standard InChI is InChI=1S/2C48H48ClN7O7S/c2*1-30-4-11-42(51-26-30)34-21-40-43(56(58)59)23-38(24-44(40)62-29-34)64(60,61)53-47(57)39-10-9-36(22-45(39)63-37-20-32-13-15-50-46(32)52-27-37)55-18-16-54(17-19-55)28-33-12-14-48(2,3)25-41(33)31-5-7-35(49)8-6-31/h2*4-11,13,15,20,22-24,26-27,34H,12,14,16-19,21,25,28-29H2,1-3H3,(H,50,52)(H,53,57)/t2*34-/m11/s1. The first-order chi connectivity index (χ1) is 61.3. The van der Waals surface area contributed by atoms with Crippen LogP contribution in [0.3, 0.4) is 0 Å². The number of rotatable bonds is 22. The fraction of sp³-hybridized carbons (Fsp3) is 0.312. The molecule has 4 aliphatic heterocycles. The number of amides is 2. The minimum atomic E-state index is -4.65. The summed E-state index contributed by atoms with van der Waals surface area (Å²) in [4.78, 5) is 83.9. The number of nitrogens with zero attached hydrogens (tertiary/aromatic N) is 10. The van der Waals surface area contributed by atoms with Gasteiger partial charge < -0.3 is 38.7 Å². The molecule has 4 N–H and O–H groups in total. The molecule has 0 unspecified atom stereocenters. The smallest absolute Gasteiger partial charge is 0.277 e. The Morgan fingerprint density at radius 3 is 1.28 bits per heavy atom. The molecule has 660 valence electrons. The number of hydrogen-bond acceptors (Lipinski definition) is 22. The number of carbonyl (C=O) groups excluding carboxylic acids is 2. The number of benzene rings is 6. The van der Waals surface area contributed by atoms with Crippen molar-refractivity contribution in [1.82, 2.24) is 49.1 Å². The van der Waals surface area contributed by atoms with E-state index in [4.69, 9.17) is 42.1 Å². The minimum absolute atomic E-state index is 0.0563. The molecule has 2 fully saturated rings. The summed E-state index contributed by atoms with van der Waals surface area (Å²) in [6.45, 7) is 21.3. The van der Waals surface area contributed by atoms with Crippen LogP contribution in [0.5, 0.6) is 34.5 Å². The summed E-state index contributed by atoms with van der Waals surface area (Å²) in [5, 5.41) is 27.7. The van der Waals surface area contributed by atoms with E-state index in [-0.39, 0.29) is 94.0 Å². The molecule has 0 radical (unpaired) electrons. The zero-order valence-corrected chi connectivity index (χ0v) is 74.7. The van der Waals surface area contributed by atoms with Crippen LogP contribution in [-0.4, -0.2) is 157 Å². The molecule has 2 saturated heterocycles. The maximum atomic E-state index is 14.1. The number of H-pyrrole nitrogens is 2. The third kappa shape index (κ3) is 19.7. The van der Waals surface area contributed by atoms with E-state index in [2.05, 4.69) is 111 Å². The van der Waals surface area contributed by atoms with Crippen molar-refractivity contribution in [3.63, 3.8) is 0 Å². The quantitative estimate of drug-likeness (QED) is 0.0362. The van der Waals surface area contributed by atoms with Gasteiger partial charge in [0.05, 0.1) is 67.5 Å². The number of hydrogen-bond donors (Lipinski definition) is 4. The highest BCUT2D eigenvalue weighted by atomic mass is 35.5. The molecule has 0 bridgehead atoms. The summed E-state index contributed by atoms with van der Waals surface area (Å²) in [5.41, 5.74) is 14.5. The van der Waals surface area contributed by atoms with E-state index in [1.54, 1.807) is 61.2 Å². The fourth-order valence-corrected chi connectivity index (χ4v) is 20.0. The van der Waals surface area contributed by atoms with E-state index >= 15 is 0 Å². The first-order valence-corrected chi connectivity index (χ1v) is 46.3. The second-order valence-electron chi connectivity index (χ2n) is 35.3. The number of aryl methyl sites for hydroxylation is 2. The number of nitro groups is 2. The van der Waals surface area contributed by atoms with Crippen LogP contribution in [0.4, 0.5) is 22.7 Å². The second kappa shape index (κ2) is 36.3. The van der Waals surface area contributed by atoms with Gasteiger partial charge in [-0.05, 0) is 194 Å². The molecule has 2 aliphatic carbocycles. The highest BCUT2D eigenvalue weighted by Crippen LogP contribution is 2.48. The van der Waals surface area contributed by atoms with Crippen LogP contribution in [0.25, 0.3) is 33.2 Å². The van der Waals surface area contributed by atoms with Crippen molar-refractivity contribution in [2.24, 2.45) is 10.8 Å². The van der Waals surface area contributed by atoms with Gasteiger partial charge in [0.2, 0.25) is 0 Å². The van der Waals surface area contributed by atoms with Gasteiger partial charge in [0, 0.05) is 182 Å². The third-order valence-electron chi connectivity index (χ3n) is 25.0. The number of allylic oxidation sites excluding steroid dienone is 2. The summed E-state index contributed by atoms with van der Waals surface area (Å²) >= 11 is 12.5. The molecule has 12 aromatic rings. The van der Waals surface area contributed by atoms with Gasteiger partial charge in [-0.25, -0.2) is 36.2 Å². The van der Waals surface area contributed by atoms with Crippen molar-refractivity contribution in [1.29, 1.82) is 0 Å². The van der Waals surface area contributed by atoms with Crippen LogP contribution in [0.15, 0.2) is 216 Å². The van der Waals surface area contributed by atoms with Crippen molar-refractivity contribution >= 4 is 111 Å². The average Bonchev–Trinajstić information content (AvgIpc) is 1.03. The van der Waals surface area contributed by atoms with E-state index in [0.29, 0.717) is 60.4 Å². The molecule has 6 aromatic carbocycles. The Labute approximate surface area is 751 Å². The van der Waals surface area contributed by atoms with Crippen molar-refractivity contribution in [2.75, 3.05) is 88.5 Å². The van der Waals surface area contributed by atoms with Crippen LogP contribution in [0, 0.1) is 44.9 Å². The zero-order valence-electron chi connectivity index (χ0n) is 71.5. The van der Waals surface area contributed by atoms with Gasteiger partial charge in [0.15, 0.2) is 0 Å². The Bertz CT molecular complexity index is 6210. The molecule has 6 aliphatic rings. The summed E-state index contributed by atoms with van der Waals surface area (Å²) in [6.07, 6.45) is 16.8. The van der Waals surface area contributed by atoms with Crippen molar-refractivity contribution < 1.29 is 55.2 Å². The van der Waals surface area contributed by atoms with E-state index in [1.807, 2.05) is 74.5 Å². The number of carbonyl (C=O) groups is 2. The third-order valence-corrected chi connectivity index (χ3v) is 28.1. The summed E-state index contributed by atoms with van der Waals surface area (Å²) in [7, 11) is -9.30. The Kier molecular flexibility index (Phi) is 24.8. The van der Waals surface area contributed by atoms with Gasteiger partial charge in [-0.3, -0.25) is 49.6 Å². The topological polar surface area (TPSA) is 346 Å². The predicted molar refractivity (Wildman–Crippen MR) is 492 cm³/mol. The van der Waals surface area contributed by atoms with Crippen molar-refractivity contribution in [2.45, 2.75) is 115 Å². The number of pyridine rings is 4. The molecule has 10 heterocycles. The van der Waals surface area contributed by atoms with E-state index in [0.717, 1.165) is 133 Å². The predicted octanol–water partition coefficient (Wildman–Crippen LogP) is 18.5. The summed E-state index contributed by atoms with van der Waals surface area (Å²) in [6, 6.07) is 45.5. The molecular weight excluding hydrogens is 1710 g/mol. The maximum absolute atomic E-state index is 14.1. The second-order valence-corrected chi connectivity index (χ2v) is 39.5. The molecule has 18 rings (SSSR count). The van der Waals surface area contributed by atoms with Gasteiger partial charge in [-0.15, -0.1) is 0 Å². The first kappa shape index (κ1) is 87.5. The molecule has 28 nitrogen and oxygen atoms in total. The summed E-state index contributed by atoms with van der Waals surface area (Å²) < 4.78 is 84.5. The van der Waals surface area contributed by atoms with Gasteiger partial charge in [0.25, 0.3) is 43.2 Å². The number of piperazine rings is 2. The van der Waals surface area contributed by atoms with Crippen LogP contribution in [0.1, 0.15) is 144 Å². The lowest BCUT2D eigenvalue weighted by Crippen LogP contribution is -2.47. The molecule has 0 saturated carbocycles. The van der Waals surface area contributed by atoms with Crippen LogP contribution in [0.2, 0.25) is 10.0 Å². The van der Waals surface area contributed by atoms with Gasteiger partial charge in [-0.1, -0.05) is 98.4 Å². The van der Waals surface area contributed by atoms with Crippen LogP contribution in [-0.2, 0) is 32.9 Å². The lowest BCUT2D eigenvalue weighted by atomic mass is 9.72. The average molecular weight is 1800 g/mol. The van der Waals surface area contributed by atoms with Gasteiger partial charge in [0.1, 0.15) is 45.8 Å². The maximum Gasteiger partial charge on any atom is 0.277 e. The lowest BCUT2D eigenvalue weighted by molar-refractivity contribution is -0.386. The zero-order chi connectivity index (χ0) is 89.5. The minimum Gasteiger partial charge on any atom is -0.492 e. The number of halogens is 2. The normalized spacial score (nSPS) is 17.8. The SMILES string of the molecule is Cc1ccc([C@H]2COc3cc(S(=O)(=O)NC(=O)c4ccc(N5CCN(CC6=C(c7ccc(Cl)cc7)CC(C)(C)CC6)CC5)cc4Oc4cnc5[nH]ccc5c4)cc([N+](=O)[O-])c3C2)nc1.Cc1ccc([C@H]2COc3cc(S(=O)(=O)NC(=O)c4ccc(N5CCN(CC6=C(c7ccc(Cl)cc7)CC(C)(C)CC6)CC5)cc4Oc4cnc5[nH]ccc5c4)cc([N+](=O)[O-])c3C2)nc1. The Morgan fingerprint density at radius 1 is 0.508 bits per heavy atom. The Morgan fingerprint density at radius 2 is 0.906 bits per heavy atom. The fourth-order valence-electron chi connectivity index (χ4n) is 17.8. The van der Waals surface area contributed by atoms with Gasteiger partial charge >= 0.3 is 0 Å². The van der Waals surface area contributed by atoms with E-state index < -0.39 is 62.9 Å². The number of fused-ring (bicyclic) bond motifs is 4. The number of aromatic nitrogens is 6. The number of sulfonamides is 2. The summed E-state index contributed by atoms with van der Waals surface area (Å²) in [5.74, 6) is -1.46. The Hall–Kier alpha value is -12.6. The molecule has 6 aromatic heterocycles. The Balaban J connectivity index is 0.000000180. The highest BCUT2D eigenvalue weighted by molar-refractivity contribution is 7.90.